The molecule has 0 bridgehead atoms. The minimum absolute atomic E-state index is 0.284. The van der Waals surface area contributed by atoms with Gasteiger partial charge in [0.05, 0.1) is 5.56 Å². The van der Waals surface area contributed by atoms with Crippen LogP contribution in [0, 0.1) is 0 Å². The zero-order valence-corrected chi connectivity index (χ0v) is 11.7. The van der Waals surface area contributed by atoms with Crippen LogP contribution in [0.4, 0.5) is 5.69 Å². The van der Waals surface area contributed by atoms with Gasteiger partial charge in [0.25, 0.3) is 0 Å². The first-order valence-electron chi connectivity index (χ1n) is 5.12. The molecule has 0 radical (unpaired) electrons. The Hall–Kier alpha value is -1.46. The molecule has 5 heteroatoms. The van der Waals surface area contributed by atoms with Crippen molar-refractivity contribution in [1.82, 2.24) is 0 Å². The number of nitrogens with two attached hydrogens (primary N) is 1. The molecule has 2 aromatic rings. The van der Waals surface area contributed by atoms with Crippen LogP contribution in [0.15, 0.2) is 56.7 Å². The van der Waals surface area contributed by atoms with Crippen molar-refractivity contribution in [2.24, 2.45) is 0 Å². The number of anilines is 1. The molecule has 0 aliphatic rings. The number of hydrogen-bond donors (Lipinski definition) is 2. The first-order chi connectivity index (χ1) is 8.56. The second kappa shape index (κ2) is 5.46. The van der Waals surface area contributed by atoms with Gasteiger partial charge in [-0.3, -0.25) is 0 Å². The van der Waals surface area contributed by atoms with Gasteiger partial charge >= 0.3 is 5.97 Å². The van der Waals surface area contributed by atoms with Crippen LogP contribution in [-0.2, 0) is 0 Å². The zero-order chi connectivity index (χ0) is 13.1. The van der Waals surface area contributed by atoms with E-state index in [-0.39, 0.29) is 5.56 Å². The normalized spacial score (nSPS) is 10.3. The Balaban J connectivity index is 2.34. The molecule has 3 nitrogen and oxygen atoms in total. The van der Waals surface area contributed by atoms with Crippen molar-refractivity contribution in [2.45, 2.75) is 9.79 Å². The number of rotatable bonds is 3. The average molecular weight is 324 g/mol. The van der Waals surface area contributed by atoms with E-state index in [9.17, 15) is 4.79 Å². The van der Waals surface area contributed by atoms with Crippen molar-refractivity contribution >= 4 is 39.3 Å². The standard InChI is InChI=1S/C13H10BrNO2S/c14-8-1-6-12(11(7-8)13(16)17)18-10-4-2-9(15)3-5-10/h1-7H,15H2,(H,16,17). The topological polar surface area (TPSA) is 63.3 Å². The third-order valence-corrected chi connectivity index (χ3v) is 3.86. The Labute approximate surface area is 117 Å². The van der Waals surface area contributed by atoms with Crippen LogP contribution in [0.2, 0.25) is 0 Å². The highest BCUT2D eigenvalue weighted by Crippen LogP contribution is 2.32. The highest BCUT2D eigenvalue weighted by molar-refractivity contribution is 9.10. The van der Waals surface area contributed by atoms with Gasteiger partial charge in [-0.05, 0) is 42.5 Å². The molecule has 0 spiro atoms. The Morgan fingerprint density at radius 1 is 1.17 bits per heavy atom. The summed E-state index contributed by atoms with van der Waals surface area (Å²) < 4.78 is 0.751. The number of hydrogen-bond acceptors (Lipinski definition) is 3. The van der Waals surface area contributed by atoms with Crippen LogP contribution in [0.5, 0.6) is 0 Å². The first-order valence-corrected chi connectivity index (χ1v) is 6.73. The molecule has 0 saturated heterocycles. The molecule has 0 amide bonds. The fraction of sp³-hybridized carbons (Fsp3) is 0. The maximum Gasteiger partial charge on any atom is 0.336 e. The molecule has 3 N–H and O–H groups in total. The first kappa shape index (κ1) is 13.0. The van der Waals surface area contributed by atoms with Crippen LogP contribution < -0.4 is 5.73 Å². The Bertz CT molecular complexity index is 584. The van der Waals surface area contributed by atoms with E-state index >= 15 is 0 Å². The van der Waals surface area contributed by atoms with E-state index in [1.807, 2.05) is 18.2 Å². The molecule has 2 aromatic carbocycles. The van der Waals surface area contributed by atoms with Crippen molar-refractivity contribution in [1.29, 1.82) is 0 Å². The highest BCUT2D eigenvalue weighted by atomic mass is 79.9. The van der Waals surface area contributed by atoms with Gasteiger partial charge < -0.3 is 10.8 Å². The minimum Gasteiger partial charge on any atom is -0.478 e. The summed E-state index contributed by atoms with van der Waals surface area (Å²) in [6.07, 6.45) is 0. The molecule has 0 saturated carbocycles. The smallest absolute Gasteiger partial charge is 0.336 e. The van der Waals surface area contributed by atoms with Gasteiger partial charge in [0.15, 0.2) is 0 Å². The van der Waals surface area contributed by atoms with Crippen molar-refractivity contribution in [3.8, 4) is 0 Å². The molecule has 0 atom stereocenters. The molecular formula is C13H10BrNO2S. The molecule has 0 aliphatic heterocycles. The average Bonchev–Trinajstić information content (AvgIpc) is 2.34. The monoisotopic (exact) mass is 323 g/mol. The fourth-order valence-corrected chi connectivity index (χ4v) is 2.70. The molecule has 0 unspecified atom stereocenters. The summed E-state index contributed by atoms with van der Waals surface area (Å²) in [5, 5.41) is 9.16. The van der Waals surface area contributed by atoms with E-state index in [2.05, 4.69) is 15.9 Å². The lowest BCUT2D eigenvalue weighted by Crippen LogP contribution is -1.98. The van der Waals surface area contributed by atoms with Crippen LogP contribution in [0.25, 0.3) is 0 Å². The second-order valence-electron chi connectivity index (χ2n) is 3.62. The van der Waals surface area contributed by atoms with Gasteiger partial charge in [0, 0.05) is 20.0 Å². The van der Waals surface area contributed by atoms with Gasteiger partial charge in [-0.1, -0.05) is 27.7 Å². The van der Waals surface area contributed by atoms with Gasteiger partial charge in [0.2, 0.25) is 0 Å². The quantitative estimate of drug-likeness (QED) is 0.841. The second-order valence-corrected chi connectivity index (χ2v) is 5.65. The molecule has 2 rings (SSSR count). The molecular weight excluding hydrogens is 314 g/mol. The van der Waals surface area contributed by atoms with E-state index in [1.54, 1.807) is 24.3 Å². The molecule has 0 fully saturated rings. The van der Waals surface area contributed by atoms with Crippen LogP contribution in [-0.4, -0.2) is 11.1 Å². The van der Waals surface area contributed by atoms with Gasteiger partial charge in [-0.15, -0.1) is 0 Å². The Kier molecular flexibility index (Phi) is 3.93. The predicted molar refractivity (Wildman–Crippen MR) is 76.1 cm³/mol. The molecule has 92 valence electrons. The molecule has 0 aromatic heterocycles. The van der Waals surface area contributed by atoms with E-state index < -0.39 is 5.97 Å². The third kappa shape index (κ3) is 3.05. The van der Waals surface area contributed by atoms with E-state index in [4.69, 9.17) is 10.8 Å². The largest absolute Gasteiger partial charge is 0.478 e. The summed E-state index contributed by atoms with van der Waals surface area (Å²) in [6, 6.07) is 12.5. The lowest BCUT2D eigenvalue weighted by atomic mass is 10.2. The highest BCUT2D eigenvalue weighted by Gasteiger charge is 2.11. The lowest BCUT2D eigenvalue weighted by Gasteiger charge is -2.06. The number of benzene rings is 2. The van der Waals surface area contributed by atoms with Gasteiger partial charge in [-0.25, -0.2) is 4.79 Å². The number of carboxylic acids is 1. The summed E-state index contributed by atoms with van der Waals surface area (Å²) in [7, 11) is 0. The summed E-state index contributed by atoms with van der Waals surface area (Å²) in [5.41, 5.74) is 6.58. The van der Waals surface area contributed by atoms with Crippen molar-refractivity contribution in [2.75, 3.05) is 5.73 Å². The maximum absolute atomic E-state index is 11.2. The van der Waals surface area contributed by atoms with Crippen molar-refractivity contribution in [3.05, 3.63) is 52.5 Å². The predicted octanol–water partition coefficient (Wildman–Crippen LogP) is 3.88. The van der Waals surface area contributed by atoms with E-state index in [1.165, 1.54) is 11.8 Å². The van der Waals surface area contributed by atoms with Crippen LogP contribution in [0.3, 0.4) is 0 Å². The minimum atomic E-state index is -0.936. The van der Waals surface area contributed by atoms with Crippen LogP contribution >= 0.6 is 27.7 Å². The third-order valence-electron chi connectivity index (χ3n) is 2.28. The number of carboxylic acid groups (broad SMARTS) is 1. The van der Waals surface area contributed by atoms with Crippen molar-refractivity contribution in [3.63, 3.8) is 0 Å². The summed E-state index contributed by atoms with van der Waals surface area (Å²) in [5.74, 6) is -0.936. The summed E-state index contributed by atoms with van der Waals surface area (Å²) in [4.78, 5) is 12.8. The van der Waals surface area contributed by atoms with Gasteiger partial charge in [0.1, 0.15) is 0 Å². The number of halogens is 1. The molecule has 0 aliphatic carbocycles. The van der Waals surface area contributed by atoms with Gasteiger partial charge in [-0.2, -0.15) is 0 Å². The van der Waals surface area contributed by atoms with E-state index in [0.29, 0.717) is 10.6 Å². The van der Waals surface area contributed by atoms with Crippen molar-refractivity contribution < 1.29 is 9.90 Å². The zero-order valence-electron chi connectivity index (χ0n) is 9.26. The van der Waals surface area contributed by atoms with E-state index in [0.717, 1.165) is 9.37 Å². The number of carbonyl (C=O) groups is 1. The SMILES string of the molecule is Nc1ccc(Sc2ccc(Br)cc2C(=O)O)cc1. The maximum atomic E-state index is 11.2. The summed E-state index contributed by atoms with van der Waals surface area (Å²) >= 11 is 4.67. The molecule has 18 heavy (non-hydrogen) atoms. The summed E-state index contributed by atoms with van der Waals surface area (Å²) in [6.45, 7) is 0. The number of nitrogen functional groups attached to an aromatic ring is 1. The fourth-order valence-electron chi connectivity index (χ4n) is 1.42. The Morgan fingerprint density at radius 3 is 2.44 bits per heavy atom. The number of aromatic carboxylic acids is 1. The lowest BCUT2D eigenvalue weighted by molar-refractivity contribution is 0.0693. The molecule has 0 heterocycles. The van der Waals surface area contributed by atoms with Crippen LogP contribution in [0.1, 0.15) is 10.4 Å². The Morgan fingerprint density at radius 2 is 1.83 bits per heavy atom.